The molecule has 0 radical (unpaired) electrons. The molecule has 1 N–H and O–H groups in total. The van der Waals surface area contributed by atoms with Crippen LogP contribution in [0, 0.1) is 11.7 Å². The van der Waals surface area contributed by atoms with E-state index in [4.69, 9.17) is 4.74 Å². The number of unbranched alkanes of at least 4 members (excludes halogenated alkanes) is 1. The van der Waals surface area contributed by atoms with Gasteiger partial charge in [-0.3, -0.25) is 4.79 Å². The summed E-state index contributed by atoms with van der Waals surface area (Å²) in [5.41, 5.74) is 0. The summed E-state index contributed by atoms with van der Waals surface area (Å²) in [6.07, 6.45) is 3.86. The van der Waals surface area contributed by atoms with Crippen LogP contribution >= 0.6 is 0 Å². The van der Waals surface area contributed by atoms with Crippen molar-refractivity contribution in [3.05, 3.63) is 30.1 Å². The fraction of sp³-hybridized carbons (Fsp3) is 0.500. The summed E-state index contributed by atoms with van der Waals surface area (Å²) in [5, 5.41) is 2.91. The van der Waals surface area contributed by atoms with Gasteiger partial charge in [0.05, 0.1) is 6.61 Å². The van der Waals surface area contributed by atoms with E-state index >= 15 is 0 Å². The highest BCUT2D eigenvalue weighted by Gasteiger charge is 2.28. The van der Waals surface area contributed by atoms with E-state index in [-0.39, 0.29) is 17.6 Å². The van der Waals surface area contributed by atoms with Crippen LogP contribution in [0.4, 0.5) is 4.39 Å². The van der Waals surface area contributed by atoms with E-state index in [0.717, 1.165) is 25.7 Å². The van der Waals surface area contributed by atoms with Crippen molar-refractivity contribution in [1.29, 1.82) is 0 Å². The zero-order valence-corrected chi connectivity index (χ0v) is 10.3. The van der Waals surface area contributed by atoms with Crippen molar-refractivity contribution in [2.24, 2.45) is 5.92 Å². The Morgan fingerprint density at radius 3 is 2.67 bits per heavy atom. The van der Waals surface area contributed by atoms with Crippen LogP contribution in [0.25, 0.3) is 0 Å². The first-order valence-electron chi connectivity index (χ1n) is 6.42. The molecule has 1 aliphatic rings. The molecule has 0 saturated heterocycles. The van der Waals surface area contributed by atoms with Gasteiger partial charge in [-0.25, -0.2) is 4.39 Å². The average Bonchev–Trinajstić information content (AvgIpc) is 3.19. The Labute approximate surface area is 106 Å². The Morgan fingerprint density at radius 1 is 1.28 bits per heavy atom. The van der Waals surface area contributed by atoms with E-state index < -0.39 is 0 Å². The van der Waals surface area contributed by atoms with Crippen molar-refractivity contribution in [2.75, 3.05) is 13.2 Å². The number of benzene rings is 1. The summed E-state index contributed by atoms with van der Waals surface area (Å²) >= 11 is 0. The highest BCUT2D eigenvalue weighted by atomic mass is 19.1. The molecule has 0 spiro atoms. The zero-order valence-electron chi connectivity index (χ0n) is 10.3. The Bertz CT molecular complexity index is 387. The fourth-order valence-electron chi connectivity index (χ4n) is 1.65. The van der Waals surface area contributed by atoms with E-state index in [0.29, 0.717) is 18.9 Å². The summed E-state index contributed by atoms with van der Waals surface area (Å²) in [6.45, 7) is 1.30. The molecule has 1 aromatic rings. The smallest absolute Gasteiger partial charge is 0.223 e. The van der Waals surface area contributed by atoms with Crippen molar-refractivity contribution in [1.82, 2.24) is 5.32 Å². The van der Waals surface area contributed by atoms with Crippen LogP contribution in [0.2, 0.25) is 0 Å². The molecule has 2 rings (SSSR count). The molecule has 98 valence electrons. The lowest BCUT2D eigenvalue weighted by molar-refractivity contribution is -0.122. The second-order valence-corrected chi connectivity index (χ2v) is 4.57. The fourth-order valence-corrected chi connectivity index (χ4v) is 1.65. The summed E-state index contributed by atoms with van der Waals surface area (Å²) in [4.78, 5) is 11.3. The highest BCUT2D eigenvalue weighted by Crippen LogP contribution is 2.28. The van der Waals surface area contributed by atoms with Gasteiger partial charge in [0.1, 0.15) is 11.6 Å². The molecule has 0 aromatic heterocycles. The molecule has 1 aromatic carbocycles. The third-order valence-electron chi connectivity index (χ3n) is 2.90. The summed E-state index contributed by atoms with van der Waals surface area (Å²) in [7, 11) is 0. The van der Waals surface area contributed by atoms with Gasteiger partial charge >= 0.3 is 0 Å². The lowest BCUT2D eigenvalue weighted by atomic mass is 10.3. The molecule has 0 unspecified atom stereocenters. The molecule has 0 heterocycles. The molecule has 0 atom stereocenters. The summed E-state index contributed by atoms with van der Waals surface area (Å²) in [5.74, 6) is 0.887. The first-order valence-corrected chi connectivity index (χ1v) is 6.42. The number of ether oxygens (including phenoxy) is 1. The number of hydrogen-bond acceptors (Lipinski definition) is 2. The molecule has 18 heavy (non-hydrogen) atoms. The van der Waals surface area contributed by atoms with Gasteiger partial charge in [0.15, 0.2) is 0 Å². The normalized spacial score (nSPS) is 14.3. The van der Waals surface area contributed by atoms with Crippen LogP contribution in [0.15, 0.2) is 24.3 Å². The first kappa shape index (κ1) is 12.9. The number of hydrogen-bond donors (Lipinski definition) is 1. The van der Waals surface area contributed by atoms with Crippen LogP contribution in [-0.2, 0) is 4.79 Å². The first-order chi connectivity index (χ1) is 8.75. The molecule has 1 amide bonds. The third-order valence-corrected chi connectivity index (χ3v) is 2.90. The van der Waals surface area contributed by atoms with Crippen LogP contribution in [0.1, 0.15) is 25.7 Å². The lowest BCUT2D eigenvalue weighted by Gasteiger charge is -2.06. The highest BCUT2D eigenvalue weighted by molar-refractivity contribution is 5.80. The van der Waals surface area contributed by atoms with Crippen LogP contribution in [0.3, 0.4) is 0 Å². The quantitative estimate of drug-likeness (QED) is 0.756. The molecule has 1 fully saturated rings. The van der Waals surface area contributed by atoms with Crippen molar-refractivity contribution in [3.63, 3.8) is 0 Å². The second kappa shape index (κ2) is 6.38. The van der Waals surface area contributed by atoms with Gasteiger partial charge in [-0.2, -0.15) is 0 Å². The Hall–Kier alpha value is -1.58. The Kier molecular flexibility index (Phi) is 4.56. The lowest BCUT2D eigenvalue weighted by Crippen LogP contribution is -2.25. The van der Waals surface area contributed by atoms with Gasteiger partial charge in [-0.05, 0) is 49.9 Å². The van der Waals surface area contributed by atoms with Gasteiger partial charge in [-0.15, -0.1) is 0 Å². The van der Waals surface area contributed by atoms with E-state index in [1.54, 1.807) is 12.1 Å². The van der Waals surface area contributed by atoms with Crippen molar-refractivity contribution < 1.29 is 13.9 Å². The van der Waals surface area contributed by atoms with Crippen LogP contribution in [0.5, 0.6) is 5.75 Å². The molecule has 4 heteroatoms. The minimum atomic E-state index is -0.259. The SMILES string of the molecule is O=C(NCCCCOc1ccc(F)cc1)C1CC1. The van der Waals surface area contributed by atoms with Gasteiger partial charge < -0.3 is 10.1 Å². The monoisotopic (exact) mass is 251 g/mol. The predicted molar refractivity (Wildman–Crippen MR) is 66.9 cm³/mol. The van der Waals surface area contributed by atoms with Crippen LogP contribution in [-0.4, -0.2) is 19.1 Å². The number of halogens is 1. The van der Waals surface area contributed by atoms with E-state index in [2.05, 4.69) is 5.32 Å². The van der Waals surface area contributed by atoms with Gasteiger partial charge in [-0.1, -0.05) is 0 Å². The molecule has 0 bridgehead atoms. The largest absolute Gasteiger partial charge is 0.494 e. The maximum atomic E-state index is 12.6. The van der Waals surface area contributed by atoms with Gasteiger partial charge in [0.2, 0.25) is 5.91 Å². The zero-order chi connectivity index (χ0) is 12.8. The molecule has 3 nitrogen and oxygen atoms in total. The van der Waals surface area contributed by atoms with Crippen LogP contribution < -0.4 is 10.1 Å². The maximum Gasteiger partial charge on any atom is 0.223 e. The average molecular weight is 251 g/mol. The maximum absolute atomic E-state index is 12.6. The number of nitrogens with one attached hydrogen (secondary N) is 1. The molecule has 1 saturated carbocycles. The van der Waals surface area contributed by atoms with Gasteiger partial charge in [0.25, 0.3) is 0 Å². The molecule has 1 aliphatic carbocycles. The molecular formula is C14H18FNO2. The van der Waals surface area contributed by atoms with E-state index in [1.165, 1.54) is 12.1 Å². The van der Waals surface area contributed by atoms with Crippen molar-refractivity contribution >= 4 is 5.91 Å². The van der Waals surface area contributed by atoms with Gasteiger partial charge in [0, 0.05) is 12.5 Å². The van der Waals surface area contributed by atoms with E-state index in [9.17, 15) is 9.18 Å². The number of rotatable bonds is 7. The molecular weight excluding hydrogens is 233 g/mol. The Morgan fingerprint density at radius 2 is 2.00 bits per heavy atom. The topological polar surface area (TPSA) is 38.3 Å². The second-order valence-electron chi connectivity index (χ2n) is 4.57. The summed E-state index contributed by atoms with van der Waals surface area (Å²) in [6, 6.07) is 5.99. The Balaban J connectivity index is 1.50. The minimum Gasteiger partial charge on any atom is -0.494 e. The summed E-state index contributed by atoms with van der Waals surface area (Å²) < 4.78 is 18.1. The third kappa shape index (κ3) is 4.35. The van der Waals surface area contributed by atoms with E-state index in [1.807, 2.05) is 0 Å². The predicted octanol–water partition coefficient (Wildman–Crippen LogP) is 2.51. The number of carbonyl (C=O) groups is 1. The minimum absolute atomic E-state index is 0.189. The molecule has 0 aliphatic heterocycles. The van der Waals surface area contributed by atoms with Crippen molar-refractivity contribution in [3.8, 4) is 5.75 Å². The van der Waals surface area contributed by atoms with Crippen molar-refractivity contribution in [2.45, 2.75) is 25.7 Å². The number of carbonyl (C=O) groups excluding carboxylic acids is 1. The number of amides is 1. The standard InChI is InChI=1S/C14H18FNO2/c15-12-5-7-13(8-6-12)18-10-2-1-9-16-14(17)11-3-4-11/h5-8,11H,1-4,9-10H2,(H,16,17).